The summed E-state index contributed by atoms with van der Waals surface area (Å²) in [5, 5.41) is 0. The highest BCUT2D eigenvalue weighted by atomic mass is 16.5. The van der Waals surface area contributed by atoms with E-state index in [1.54, 1.807) is 7.11 Å². The molecule has 1 spiro atoms. The number of fused-ring (bicyclic) bond motifs is 1. The van der Waals surface area contributed by atoms with Crippen LogP contribution in [0.15, 0.2) is 24.3 Å². The molecule has 84 valence electrons. The van der Waals surface area contributed by atoms with Gasteiger partial charge in [0.05, 0.1) is 18.1 Å². The lowest BCUT2D eigenvalue weighted by Crippen LogP contribution is -2.55. The Hall–Kier alpha value is -1.35. The fourth-order valence-electron chi connectivity index (χ4n) is 2.61. The van der Waals surface area contributed by atoms with Gasteiger partial charge in [0.25, 0.3) is 0 Å². The van der Waals surface area contributed by atoms with E-state index in [4.69, 9.17) is 9.47 Å². The van der Waals surface area contributed by atoms with Crippen molar-refractivity contribution < 1.29 is 14.3 Å². The fraction of sp³-hybridized carbons (Fsp3) is 0.462. The van der Waals surface area contributed by atoms with Crippen molar-refractivity contribution in [2.45, 2.75) is 31.0 Å². The maximum absolute atomic E-state index is 12.0. The fourth-order valence-corrected chi connectivity index (χ4v) is 2.61. The monoisotopic (exact) mass is 218 g/mol. The Bertz CT molecular complexity index is 433. The highest BCUT2D eigenvalue weighted by Crippen LogP contribution is 2.45. The zero-order valence-electron chi connectivity index (χ0n) is 9.23. The molecule has 0 atom stereocenters. The molecule has 0 amide bonds. The summed E-state index contributed by atoms with van der Waals surface area (Å²) in [7, 11) is 1.70. The molecule has 1 aromatic rings. The Balaban J connectivity index is 1.88. The molecule has 0 radical (unpaired) electrons. The molecule has 16 heavy (non-hydrogen) atoms. The average Bonchev–Trinajstić information content (AvgIpc) is 2.25. The summed E-state index contributed by atoms with van der Waals surface area (Å²) >= 11 is 0. The van der Waals surface area contributed by atoms with Crippen molar-refractivity contribution in [3.8, 4) is 5.75 Å². The highest BCUT2D eigenvalue weighted by molar-refractivity contribution is 6.00. The summed E-state index contributed by atoms with van der Waals surface area (Å²) in [5.41, 5.74) is 0.431. The van der Waals surface area contributed by atoms with Crippen LogP contribution >= 0.6 is 0 Å². The minimum Gasteiger partial charge on any atom is -0.486 e. The van der Waals surface area contributed by atoms with E-state index in [9.17, 15) is 4.79 Å². The number of carbonyl (C=O) groups excluding carboxylic acids is 1. The first-order valence-electron chi connectivity index (χ1n) is 5.56. The third kappa shape index (κ3) is 1.35. The summed E-state index contributed by atoms with van der Waals surface area (Å²) in [6.07, 6.45) is 2.38. The predicted molar refractivity (Wildman–Crippen MR) is 58.8 cm³/mol. The summed E-state index contributed by atoms with van der Waals surface area (Å²) in [6, 6.07) is 7.47. The highest BCUT2D eigenvalue weighted by Gasteiger charge is 2.50. The number of hydrogen-bond donors (Lipinski definition) is 0. The van der Waals surface area contributed by atoms with Crippen LogP contribution in [0.3, 0.4) is 0 Å². The van der Waals surface area contributed by atoms with Crippen LogP contribution in [0.5, 0.6) is 5.75 Å². The second-order valence-electron chi connectivity index (χ2n) is 4.65. The summed E-state index contributed by atoms with van der Waals surface area (Å²) in [5.74, 6) is 0.921. The van der Waals surface area contributed by atoms with Crippen LogP contribution in [0.25, 0.3) is 0 Å². The maximum atomic E-state index is 12.0. The summed E-state index contributed by atoms with van der Waals surface area (Å²) < 4.78 is 11.2. The normalized spacial score (nSPS) is 31.8. The largest absolute Gasteiger partial charge is 0.486 e. The average molecular weight is 218 g/mol. The second kappa shape index (κ2) is 3.32. The zero-order chi connectivity index (χ0) is 11.2. The number of methoxy groups -OCH3 is 1. The molecule has 1 heterocycles. The number of ether oxygens (including phenoxy) is 2. The minimum absolute atomic E-state index is 0.191. The quantitative estimate of drug-likeness (QED) is 0.725. The Morgan fingerprint density at radius 1 is 1.38 bits per heavy atom. The van der Waals surface area contributed by atoms with Crippen molar-refractivity contribution in [3.05, 3.63) is 29.8 Å². The van der Waals surface area contributed by atoms with Crippen LogP contribution in [0, 0.1) is 0 Å². The second-order valence-corrected chi connectivity index (χ2v) is 4.65. The van der Waals surface area contributed by atoms with Gasteiger partial charge in [0.15, 0.2) is 5.78 Å². The molecule has 1 aliphatic heterocycles. The number of Topliss-reactive ketones (excluding diaryl/α,β-unsaturated/α-hetero) is 1. The molecular formula is C13H14O3. The Labute approximate surface area is 94.4 Å². The van der Waals surface area contributed by atoms with Crippen LogP contribution in [-0.4, -0.2) is 24.6 Å². The van der Waals surface area contributed by atoms with Gasteiger partial charge in [-0.15, -0.1) is 0 Å². The number of ketones is 1. The van der Waals surface area contributed by atoms with E-state index in [0.717, 1.165) is 18.6 Å². The van der Waals surface area contributed by atoms with Gasteiger partial charge in [-0.1, -0.05) is 12.1 Å². The molecule has 3 nitrogen and oxygen atoms in total. The van der Waals surface area contributed by atoms with E-state index >= 15 is 0 Å². The van der Waals surface area contributed by atoms with Crippen molar-refractivity contribution in [2.75, 3.05) is 7.11 Å². The van der Waals surface area contributed by atoms with Crippen LogP contribution < -0.4 is 4.74 Å². The lowest BCUT2D eigenvalue weighted by Gasteiger charge is -2.48. The van der Waals surface area contributed by atoms with Crippen molar-refractivity contribution >= 4 is 5.78 Å². The van der Waals surface area contributed by atoms with Gasteiger partial charge < -0.3 is 9.47 Å². The summed E-state index contributed by atoms with van der Waals surface area (Å²) in [6.45, 7) is 0. The third-order valence-corrected chi connectivity index (χ3v) is 3.53. The first-order valence-corrected chi connectivity index (χ1v) is 5.56. The van der Waals surface area contributed by atoms with Gasteiger partial charge in [-0.3, -0.25) is 4.79 Å². The number of rotatable bonds is 1. The Morgan fingerprint density at radius 2 is 2.12 bits per heavy atom. The lowest BCUT2D eigenvalue weighted by atomic mass is 9.72. The van der Waals surface area contributed by atoms with Crippen molar-refractivity contribution in [2.24, 2.45) is 0 Å². The maximum Gasteiger partial charge on any atom is 0.170 e. The van der Waals surface area contributed by atoms with Gasteiger partial charge in [0, 0.05) is 20.0 Å². The van der Waals surface area contributed by atoms with E-state index in [1.807, 2.05) is 24.3 Å². The molecule has 0 aromatic heterocycles. The lowest BCUT2D eigenvalue weighted by molar-refractivity contribution is -0.112. The number of benzene rings is 1. The number of carbonyl (C=O) groups is 1. The van der Waals surface area contributed by atoms with Gasteiger partial charge in [-0.05, 0) is 12.1 Å². The van der Waals surface area contributed by atoms with Crippen LogP contribution in [0.1, 0.15) is 29.6 Å². The molecule has 1 saturated carbocycles. The van der Waals surface area contributed by atoms with Gasteiger partial charge >= 0.3 is 0 Å². The first kappa shape index (κ1) is 9.85. The van der Waals surface area contributed by atoms with Crippen molar-refractivity contribution in [3.63, 3.8) is 0 Å². The van der Waals surface area contributed by atoms with Crippen molar-refractivity contribution in [1.29, 1.82) is 0 Å². The van der Waals surface area contributed by atoms with Gasteiger partial charge in [-0.2, -0.15) is 0 Å². The number of para-hydroxylation sites is 1. The Morgan fingerprint density at radius 3 is 2.88 bits per heavy atom. The topological polar surface area (TPSA) is 35.5 Å². The van der Waals surface area contributed by atoms with E-state index < -0.39 is 0 Å². The molecule has 3 rings (SSSR count). The van der Waals surface area contributed by atoms with E-state index in [2.05, 4.69) is 0 Å². The minimum atomic E-state index is -0.286. The molecule has 0 bridgehead atoms. The van der Waals surface area contributed by atoms with Crippen LogP contribution in [0.2, 0.25) is 0 Å². The third-order valence-electron chi connectivity index (χ3n) is 3.53. The summed E-state index contributed by atoms with van der Waals surface area (Å²) in [4.78, 5) is 12.0. The van der Waals surface area contributed by atoms with E-state index in [0.29, 0.717) is 12.0 Å². The van der Waals surface area contributed by atoms with E-state index in [-0.39, 0.29) is 17.5 Å². The smallest absolute Gasteiger partial charge is 0.170 e. The first-order chi connectivity index (χ1) is 7.72. The zero-order valence-corrected chi connectivity index (χ0v) is 9.23. The molecule has 0 unspecified atom stereocenters. The number of hydrogen-bond acceptors (Lipinski definition) is 3. The van der Waals surface area contributed by atoms with Crippen LogP contribution in [-0.2, 0) is 4.74 Å². The van der Waals surface area contributed by atoms with Gasteiger partial charge in [-0.25, -0.2) is 0 Å². The molecule has 1 aliphatic carbocycles. The molecular weight excluding hydrogens is 204 g/mol. The van der Waals surface area contributed by atoms with Crippen LogP contribution in [0.4, 0.5) is 0 Å². The predicted octanol–water partition coefficient (Wildman–Crippen LogP) is 2.20. The Kier molecular flexibility index (Phi) is 2.04. The molecule has 1 aromatic carbocycles. The molecule has 0 N–H and O–H groups in total. The molecule has 2 aliphatic rings. The van der Waals surface area contributed by atoms with Crippen molar-refractivity contribution in [1.82, 2.24) is 0 Å². The SMILES string of the molecule is COC1CC2(CC(=O)c3ccccc3O2)C1. The van der Waals surface area contributed by atoms with Gasteiger partial charge in [0.2, 0.25) is 0 Å². The van der Waals surface area contributed by atoms with Gasteiger partial charge in [0.1, 0.15) is 11.4 Å². The molecule has 0 saturated heterocycles. The molecule has 3 heteroatoms. The standard InChI is InChI=1S/C13H14O3/c1-15-9-6-13(7-9)8-11(14)10-4-2-3-5-12(10)16-13/h2-5,9H,6-8H2,1H3. The molecule has 1 fully saturated rings. The van der Waals surface area contributed by atoms with E-state index in [1.165, 1.54) is 0 Å².